The molecule has 0 aliphatic rings. The third-order valence-electron chi connectivity index (χ3n) is 3.32. The van der Waals surface area contributed by atoms with Crippen LogP contribution in [-0.4, -0.2) is 23.4 Å². The largest absolute Gasteiger partial charge is 0.493 e. The van der Waals surface area contributed by atoms with Crippen LogP contribution in [0.25, 0.3) is 0 Å². The summed E-state index contributed by atoms with van der Waals surface area (Å²) in [6, 6.07) is 4.21. The number of nitrogens with one attached hydrogen (secondary N) is 1. The fraction of sp³-hybridized carbons (Fsp3) is 0.400. The summed E-state index contributed by atoms with van der Waals surface area (Å²) in [6.45, 7) is 5.45. The molecule has 0 aliphatic heterocycles. The van der Waals surface area contributed by atoms with Gasteiger partial charge in [0.05, 0.1) is 19.3 Å². The molecule has 4 nitrogen and oxygen atoms in total. The van der Waals surface area contributed by atoms with Gasteiger partial charge in [0, 0.05) is 11.6 Å². The topological polar surface area (TPSA) is 39.1 Å². The number of aromatic nitrogens is 2. The number of halogens is 2. The van der Waals surface area contributed by atoms with Gasteiger partial charge < -0.3 is 10.1 Å². The minimum Gasteiger partial charge on any atom is -0.493 e. The van der Waals surface area contributed by atoms with Crippen molar-refractivity contribution in [1.82, 2.24) is 15.1 Å². The maximum absolute atomic E-state index is 13.3. The molecule has 1 unspecified atom stereocenters. The van der Waals surface area contributed by atoms with Gasteiger partial charge in [-0.1, -0.05) is 24.6 Å². The third-order valence-corrected chi connectivity index (χ3v) is 3.65. The van der Waals surface area contributed by atoms with E-state index in [0.29, 0.717) is 17.3 Å². The van der Waals surface area contributed by atoms with Crippen molar-refractivity contribution in [2.24, 2.45) is 0 Å². The van der Waals surface area contributed by atoms with Gasteiger partial charge in [0.2, 0.25) is 0 Å². The zero-order valence-electron chi connectivity index (χ0n) is 12.4. The number of benzene rings is 1. The normalized spacial score (nSPS) is 12.4. The van der Waals surface area contributed by atoms with Crippen molar-refractivity contribution in [2.45, 2.75) is 26.4 Å². The summed E-state index contributed by atoms with van der Waals surface area (Å²) >= 11 is 6.22. The predicted octanol–water partition coefficient (Wildman–Crippen LogP) is 3.40. The van der Waals surface area contributed by atoms with Crippen LogP contribution in [0.1, 0.15) is 31.1 Å². The van der Waals surface area contributed by atoms with Gasteiger partial charge in [-0.2, -0.15) is 5.10 Å². The zero-order valence-corrected chi connectivity index (χ0v) is 13.1. The molecule has 114 valence electrons. The molecule has 6 heteroatoms. The molecule has 0 fully saturated rings. The first-order valence-electron chi connectivity index (χ1n) is 6.90. The summed E-state index contributed by atoms with van der Waals surface area (Å²) in [5.41, 5.74) is 1.68. The van der Waals surface area contributed by atoms with Crippen molar-refractivity contribution in [3.8, 4) is 5.75 Å². The van der Waals surface area contributed by atoms with Crippen molar-refractivity contribution in [1.29, 1.82) is 0 Å². The van der Waals surface area contributed by atoms with Gasteiger partial charge in [0.15, 0.2) is 5.75 Å². The van der Waals surface area contributed by atoms with Gasteiger partial charge >= 0.3 is 0 Å². The van der Waals surface area contributed by atoms with Crippen molar-refractivity contribution < 1.29 is 9.13 Å². The Hall–Kier alpha value is -1.59. The standard InChI is InChI=1S/C15H19ClFN3O/c1-4-18-14(11-7-6-10(17)8-12(11)16)15-13(21-3)9-19-20(15)5-2/h6-9,14,18H,4-5H2,1-3H3. The van der Waals surface area contributed by atoms with E-state index in [4.69, 9.17) is 16.3 Å². The van der Waals surface area contributed by atoms with Crippen LogP contribution >= 0.6 is 11.6 Å². The second-order valence-corrected chi connectivity index (χ2v) is 4.98. The van der Waals surface area contributed by atoms with Crippen LogP contribution in [0.3, 0.4) is 0 Å². The minimum atomic E-state index is -0.352. The predicted molar refractivity (Wildman–Crippen MR) is 81.4 cm³/mol. The molecule has 0 spiro atoms. The molecule has 0 radical (unpaired) electrons. The Balaban J connectivity index is 2.55. The molecule has 1 atom stereocenters. The van der Waals surface area contributed by atoms with Crippen LogP contribution in [0, 0.1) is 5.82 Å². The molecular weight excluding hydrogens is 293 g/mol. The van der Waals surface area contributed by atoms with Gasteiger partial charge in [-0.3, -0.25) is 4.68 Å². The first kappa shape index (κ1) is 15.8. The lowest BCUT2D eigenvalue weighted by Crippen LogP contribution is -2.25. The lowest BCUT2D eigenvalue weighted by atomic mass is 10.0. The van der Waals surface area contributed by atoms with Crippen LogP contribution in [-0.2, 0) is 6.54 Å². The lowest BCUT2D eigenvalue weighted by Gasteiger charge is -2.21. The van der Waals surface area contributed by atoms with Gasteiger partial charge in [-0.15, -0.1) is 0 Å². The summed E-state index contributed by atoms with van der Waals surface area (Å²) in [6.07, 6.45) is 1.68. The molecule has 0 aliphatic carbocycles. The zero-order chi connectivity index (χ0) is 15.4. The fourth-order valence-corrected chi connectivity index (χ4v) is 2.65. The molecule has 21 heavy (non-hydrogen) atoms. The highest BCUT2D eigenvalue weighted by molar-refractivity contribution is 6.31. The van der Waals surface area contributed by atoms with Crippen LogP contribution in [0.5, 0.6) is 5.75 Å². The Morgan fingerprint density at radius 2 is 2.19 bits per heavy atom. The van der Waals surface area contributed by atoms with Crippen LogP contribution in [0.4, 0.5) is 4.39 Å². The van der Waals surface area contributed by atoms with Crippen LogP contribution < -0.4 is 10.1 Å². The van der Waals surface area contributed by atoms with E-state index < -0.39 is 0 Å². The average molecular weight is 312 g/mol. The second kappa shape index (κ2) is 6.91. The molecule has 2 rings (SSSR count). The van der Waals surface area contributed by atoms with E-state index >= 15 is 0 Å². The number of hydrogen-bond acceptors (Lipinski definition) is 3. The van der Waals surface area contributed by atoms with E-state index in [0.717, 1.165) is 17.8 Å². The minimum absolute atomic E-state index is 0.208. The molecule has 1 aromatic heterocycles. The number of hydrogen-bond donors (Lipinski definition) is 1. The maximum Gasteiger partial charge on any atom is 0.161 e. The van der Waals surface area contributed by atoms with E-state index in [1.54, 1.807) is 19.4 Å². The maximum atomic E-state index is 13.3. The summed E-state index contributed by atoms with van der Waals surface area (Å²) in [4.78, 5) is 0. The number of methoxy groups -OCH3 is 1. The summed E-state index contributed by atoms with van der Waals surface area (Å²) in [7, 11) is 1.61. The smallest absolute Gasteiger partial charge is 0.161 e. The van der Waals surface area contributed by atoms with Crippen molar-refractivity contribution >= 4 is 11.6 Å². The highest BCUT2D eigenvalue weighted by Gasteiger charge is 2.24. The SMILES string of the molecule is CCNC(c1ccc(F)cc1Cl)c1c(OC)cnn1CC. The fourth-order valence-electron chi connectivity index (χ4n) is 2.37. The molecule has 0 amide bonds. The van der Waals surface area contributed by atoms with Gasteiger partial charge in [0.1, 0.15) is 11.5 Å². The van der Waals surface area contributed by atoms with Crippen molar-refractivity contribution in [3.05, 3.63) is 46.5 Å². The quantitative estimate of drug-likeness (QED) is 0.888. The molecular formula is C15H19ClFN3O. The highest BCUT2D eigenvalue weighted by Crippen LogP contribution is 2.33. The Morgan fingerprint density at radius 3 is 2.76 bits per heavy atom. The summed E-state index contributed by atoms with van der Waals surface area (Å²) < 4.78 is 20.5. The summed E-state index contributed by atoms with van der Waals surface area (Å²) in [5, 5.41) is 8.06. The molecule has 0 bridgehead atoms. The number of aryl methyl sites for hydroxylation is 1. The summed E-state index contributed by atoms with van der Waals surface area (Å²) in [5.74, 6) is 0.332. The highest BCUT2D eigenvalue weighted by atomic mass is 35.5. The number of ether oxygens (including phenoxy) is 1. The van der Waals surface area contributed by atoms with E-state index in [2.05, 4.69) is 10.4 Å². The second-order valence-electron chi connectivity index (χ2n) is 4.57. The van der Waals surface area contributed by atoms with Crippen molar-refractivity contribution in [3.63, 3.8) is 0 Å². The number of rotatable bonds is 6. The molecule has 2 aromatic rings. The van der Waals surface area contributed by atoms with Gasteiger partial charge in [-0.05, 0) is 31.2 Å². The van der Waals surface area contributed by atoms with E-state index in [1.807, 2.05) is 18.5 Å². The Bertz CT molecular complexity index is 593. The molecule has 0 saturated heterocycles. The molecule has 0 saturated carbocycles. The van der Waals surface area contributed by atoms with Crippen LogP contribution in [0.2, 0.25) is 5.02 Å². The molecule has 1 aromatic carbocycles. The van der Waals surface area contributed by atoms with Crippen molar-refractivity contribution in [2.75, 3.05) is 13.7 Å². The average Bonchev–Trinajstić information content (AvgIpc) is 2.88. The Kier molecular flexibility index (Phi) is 5.20. The Morgan fingerprint density at radius 1 is 1.43 bits per heavy atom. The van der Waals surface area contributed by atoms with E-state index in [1.165, 1.54) is 12.1 Å². The first-order chi connectivity index (χ1) is 10.1. The Labute approximate surface area is 128 Å². The molecule has 1 N–H and O–H groups in total. The monoisotopic (exact) mass is 311 g/mol. The lowest BCUT2D eigenvalue weighted by molar-refractivity contribution is 0.399. The number of nitrogens with zero attached hydrogens (tertiary/aromatic N) is 2. The first-order valence-corrected chi connectivity index (χ1v) is 7.28. The van der Waals surface area contributed by atoms with Crippen LogP contribution in [0.15, 0.2) is 24.4 Å². The van der Waals surface area contributed by atoms with E-state index in [9.17, 15) is 4.39 Å². The van der Waals surface area contributed by atoms with E-state index in [-0.39, 0.29) is 11.9 Å². The molecule has 1 heterocycles. The van der Waals surface area contributed by atoms with Gasteiger partial charge in [0.25, 0.3) is 0 Å². The third kappa shape index (κ3) is 3.19. The van der Waals surface area contributed by atoms with Gasteiger partial charge in [-0.25, -0.2) is 4.39 Å².